The van der Waals surface area contributed by atoms with Crippen LogP contribution in [0.4, 0.5) is 4.79 Å². The molecular formula is C18H34N2O2S. The maximum absolute atomic E-state index is 11.8. The fourth-order valence-corrected chi connectivity index (χ4v) is 4.54. The van der Waals surface area contributed by atoms with Crippen LogP contribution in [0.5, 0.6) is 0 Å². The van der Waals surface area contributed by atoms with Crippen LogP contribution in [0, 0.1) is 5.92 Å². The molecule has 0 saturated heterocycles. The lowest BCUT2D eigenvalue weighted by molar-refractivity contribution is 0.0517. The molecule has 4 nitrogen and oxygen atoms in total. The number of carbonyl (C=O) groups excluding carboxylic acids is 1. The predicted molar refractivity (Wildman–Crippen MR) is 98.1 cm³/mol. The number of rotatable bonds is 5. The van der Waals surface area contributed by atoms with Gasteiger partial charge in [0.2, 0.25) is 0 Å². The van der Waals surface area contributed by atoms with Gasteiger partial charge < -0.3 is 15.4 Å². The average molecular weight is 343 g/mol. The molecule has 0 bridgehead atoms. The summed E-state index contributed by atoms with van der Waals surface area (Å²) in [5, 5.41) is 7.71. The molecule has 23 heavy (non-hydrogen) atoms. The molecule has 0 radical (unpaired) electrons. The Morgan fingerprint density at radius 1 is 1.13 bits per heavy atom. The fourth-order valence-electron chi connectivity index (χ4n) is 3.80. The first-order valence-corrected chi connectivity index (χ1v) is 10.4. The molecule has 5 heteroatoms. The summed E-state index contributed by atoms with van der Waals surface area (Å²) in [5.41, 5.74) is -0.423. The summed E-state index contributed by atoms with van der Waals surface area (Å²) in [7, 11) is 0. The van der Waals surface area contributed by atoms with Gasteiger partial charge in [-0.25, -0.2) is 4.79 Å². The van der Waals surface area contributed by atoms with E-state index in [-0.39, 0.29) is 6.09 Å². The third-order valence-electron chi connectivity index (χ3n) is 5.02. The molecule has 2 rings (SSSR count). The van der Waals surface area contributed by atoms with Gasteiger partial charge in [0.15, 0.2) is 0 Å². The van der Waals surface area contributed by atoms with Gasteiger partial charge in [0.25, 0.3) is 0 Å². The first-order chi connectivity index (χ1) is 10.9. The highest BCUT2D eigenvalue weighted by Gasteiger charge is 2.31. The normalized spacial score (nSPS) is 31.8. The predicted octanol–water partition coefficient (Wildman–Crippen LogP) is 3.94. The molecule has 0 heterocycles. The number of amides is 1. The van der Waals surface area contributed by atoms with Gasteiger partial charge in [-0.3, -0.25) is 0 Å². The van der Waals surface area contributed by atoms with Crippen LogP contribution < -0.4 is 10.6 Å². The number of alkyl carbamates (subject to hydrolysis) is 1. The highest BCUT2D eigenvalue weighted by atomic mass is 32.2. The smallest absolute Gasteiger partial charge is 0.407 e. The largest absolute Gasteiger partial charge is 0.444 e. The van der Waals surface area contributed by atoms with Crippen molar-refractivity contribution in [2.45, 2.75) is 88.7 Å². The lowest BCUT2D eigenvalue weighted by atomic mass is 9.93. The number of hydrogen-bond donors (Lipinski definition) is 2. The molecular weight excluding hydrogens is 308 g/mol. The average Bonchev–Trinajstić information content (AvgIpc) is 2.91. The van der Waals surface area contributed by atoms with Crippen molar-refractivity contribution in [1.82, 2.24) is 10.6 Å². The van der Waals surface area contributed by atoms with E-state index in [2.05, 4.69) is 16.9 Å². The second-order valence-electron chi connectivity index (χ2n) is 8.06. The quantitative estimate of drug-likeness (QED) is 0.794. The molecule has 2 unspecified atom stereocenters. The van der Waals surface area contributed by atoms with Crippen LogP contribution in [0.2, 0.25) is 0 Å². The first kappa shape index (κ1) is 18.9. The summed E-state index contributed by atoms with van der Waals surface area (Å²) in [4.78, 5) is 11.8. The maximum Gasteiger partial charge on any atom is 0.407 e. The molecule has 2 fully saturated rings. The summed E-state index contributed by atoms with van der Waals surface area (Å²) in [6.45, 7) is 6.43. The zero-order valence-corrected chi connectivity index (χ0v) is 16.0. The van der Waals surface area contributed by atoms with Crippen LogP contribution in [0.15, 0.2) is 0 Å². The van der Waals surface area contributed by atoms with Gasteiger partial charge in [-0.2, -0.15) is 11.8 Å². The van der Waals surface area contributed by atoms with E-state index in [0.717, 1.165) is 11.8 Å². The molecule has 2 atom stereocenters. The Kier molecular flexibility index (Phi) is 7.08. The van der Waals surface area contributed by atoms with E-state index in [1.54, 1.807) is 0 Å². The van der Waals surface area contributed by atoms with E-state index in [1.807, 2.05) is 32.5 Å². The van der Waals surface area contributed by atoms with Crippen molar-refractivity contribution in [3.8, 4) is 0 Å². The van der Waals surface area contributed by atoms with Gasteiger partial charge in [-0.1, -0.05) is 6.42 Å². The van der Waals surface area contributed by atoms with Crippen molar-refractivity contribution in [3.63, 3.8) is 0 Å². The summed E-state index contributed by atoms with van der Waals surface area (Å²) in [5.74, 6) is 0.542. The second-order valence-corrected chi connectivity index (χ2v) is 9.19. The SMILES string of the molecule is CSC1CCC(NC2CCCC2CNC(=O)OC(C)(C)C)CC1. The molecule has 0 aromatic heterocycles. The topological polar surface area (TPSA) is 50.4 Å². The third kappa shape index (κ3) is 6.54. The third-order valence-corrected chi connectivity index (χ3v) is 6.16. The molecule has 0 spiro atoms. The van der Waals surface area contributed by atoms with Gasteiger partial charge in [0, 0.05) is 23.9 Å². The summed E-state index contributed by atoms with van der Waals surface area (Å²) in [6.07, 6.45) is 10.9. The number of carbonyl (C=O) groups is 1. The molecule has 2 aliphatic carbocycles. The highest BCUT2D eigenvalue weighted by Crippen LogP contribution is 2.30. The van der Waals surface area contributed by atoms with E-state index in [0.29, 0.717) is 18.0 Å². The molecule has 0 aromatic carbocycles. The zero-order valence-electron chi connectivity index (χ0n) is 15.2. The van der Waals surface area contributed by atoms with Crippen molar-refractivity contribution >= 4 is 17.9 Å². The molecule has 2 N–H and O–H groups in total. The molecule has 0 aromatic rings. The van der Waals surface area contributed by atoms with E-state index >= 15 is 0 Å². The highest BCUT2D eigenvalue weighted by molar-refractivity contribution is 7.99. The Labute approximate surface area is 145 Å². The number of nitrogens with one attached hydrogen (secondary N) is 2. The van der Waals surface area contributed by atoms with Gasteiger partial charge >= 0.3 is 6.09 Å². The van der Waals surface area contributed by atoms with E-state index < -0.39 is 5.60 Å². The van der Waals surface area contributed by atoms with Crippen molar-refractivity contribution in [2.24, 2.45) is 5.92 Å². The number of ether oxygens (including phenoxy) is 1. The van der Waals surface area contributed by atoms with Gasteiger partial charge in [0.1, 0.15) is 5.60 Å². The van der Waals surface area contributed by atoms with E-state index in [4.69, 9.17) is 4.74 Å². The van der Waals surface area contributed by atoms with Crippen molar-refractivity contribution in [1.29, 1.82) is 0 Å². The standard InChI is InChI=1S/C18H34N2O2S/c1-18(2,3)22-17(21)19-12-13-6-5-7-16(13)20-14-8-10-15(23-4)11-9-14/h13-16,20H,5-12H2,1-4H3,(H,19,21). The molecule has 134 valence electrons. The van der Waals surface area contributed by atoms with Crippen LogP contribution in [-0.4, -0.2) is 41.8 Å². The Balaban J connectivity index is 1.72. The Morgan fingerprint density at radius 3 is 2.43 bits per heavy atom. The maximum atomic E-state index is 11.8. The van der Waals surface area contributed by atoms with Crippen LogP contribution >= 0.6 is 11.8 Å². The summed E-state index contributed by atoms with van der Waals surface area (Å²) in [6, 6.07) is 1.23. The minimum absolute atomic E-state index is 0.288. The molecule has 1 amide bonds. The minimum Gasteiger partial charge on any atom is -0.444 e. The van der Waals surface area contributed by atoms with Gasteiger partial charge in [0.05, 0.1) is 0 Å². The van der Waals surface area contributed by atoms with Crippen LogP contribution in [0.1, 0.15) is 65.7 Å². The van der Waals surface area contributed by atoms with Crippen LogP contribution in [-0.2, 0) is 4.74 Å². The fraction of sp³-hybridized carbons (Fsp3) is 0.944. The lowest BCUT2D eigenvalue weighted by Gasteiger charge is -2.32. The number of thioether (sulfide) groups is 1. The number of hydrogen-bond acceptors (Lipinski definition) is 4. The molecule has 0 aliphatic heterocycles. The first-order valence-electron chi connectivity index (χ1n) is 9.13. The van der Waals surface area contributed by atoms with Gasteiger partial charge in [-0.05, 0) is 71.5 Å². The zero-order chi connectivity index (χ0) is 16.9. The second kappa shape index (κ2) is 8.61. The van der Waals surface area contributed by atoms with E-state index in [9.17, 15) is 4.79 Å². The van der Waals surface area contributed by atoms with Gasteiger partial charge in [-0.15, -0.1) is 0 Å². The van der Waals surface area contributed by atoms with Crippen molar-refractivity contribution in [2.75, 3.05) is 12.8 Å². The van der Waals surface area contributed by atoms with Crippen LogP contribution in [0.25, 0.3) is 0 Å². The summed E-state index contributed by atoms with van der Waals surface area (Å²) >= 11 is 2.02. The van der Waals surface area contributed by atoms with Crippen molar-refractivity contribution < 1.29 is 9.53 Å². The summed E-state index contributed by atoms with van der Waals surface area (Å²) < 4.78 is 5.33. The minimum atomic E-state index is -0.423. The van der Waals surface area contributed by atoms with Crippen LogP contribution in [0.3, 0.4) is 0 Å². The molecule has 2 aliphatic rings. The monoisotopic (exact) mass is 342 g/mol. The van der Waals surface area contributed by atoms with Crippen molar-refractivity contribution in [3.05, 3.63) is 0 Å². The molecule has 2 saturated carbocycles. The Morgan fingerprint density at radius 2 is 1.83 bits per heavy atom. The Bertz CT molecular complexity index is 376. The lowest BCUT2D eigenvalue weighted by Crippen LogP contribution is -2.45. The van der Waals surface area contributed by atoms with E-state index in [1.165, 1.54) is 44.9 Å². The Hall–Kier alpha value is -0.420.